The molecule has 1 unspecified atom stereocenters. The largest absolute Gasteiger partial charge is 0.331 e. The molecule has 28 heavy (non-hydrogen) atoms. The van der Waals surface area contributed by atoms with Crippen LogP contribution in [-0.4, -0.2) is 20.0 Å². The van der Waals surface area contributed by atoms with Crippen LogP contribution in [0, 0.1) is 4.78 Å². The summed E-state index contributed by atoms with van der Waals surface area (Å²) in [5, 5.41) is 7.18. The van der Waals surface area contributed by atoms with E-state index in [1.165, 1.54) is 34.9 Å². The molecule has 2 amide bonds. The summed E-state index contributed by atoms with van der Waals surface area (Å²) in [6.07, 6.45) is 12.6. The molecule has 1 atom stereocenters. The molecule has 1 aromatic carbocycles. The Labute approximate surface area is 165 Å². The normalized spacial score (nSPS) is 20.1. The molecule has 8 heteroatoms. The highest BCUT2D eigenvalue weighted by Gasteiger charge is 2.26. The number of hydrogen-bond donors (Lipinski definition) is 3. The molecule has 7 nitrogen and oxygen atoms in total. The van der Waals surface area contributed by atoms with E-state index in [4.69, 9.17) is 4.78 Å². The Morgan fingerprint density at radius 1 is 1.11 bits per heavy atom. The first-order valence-corrected chi connectivity index (χ1v) is 11.7. The Kier molecular flexibility index (Phi) is 4.19. The maximum atomic E-state index is 12.8. The number of anilines is 1. The number of carbonyl (C=O) groups excluding carboxylic acids is 1. The number of aryl methyl sites for hydroxylation is 2. The van der Waals surface area contributed by atoms with Crippen LogP contribution in [0.2, 0.25) is 0 Å². The van der Waals surface area contributed by atoms with E-state index >= 15 is 0 Å². The second-order valence-electron chi connectivity index (χ2n) is 8.09. The molecule has 1 heterocycles. The molecule has 148 valence electrons. The van der Waals surface area contributed by atoms with Crippen LogP contribution in [0.5, 0.6) is 0 Å². The first kappa shape index (κ1) is 17.7. The number of hydrogen-bond acceptors (Lipinski definition) is 4. The maximum Gasteiger partial charge on any atom is 0.331 e. The Hall–Kier alpha value is -2.35. The summed E-state index contributed by atoms with van der Waals surface area (Å²) in [5.41, 5.74) is 5.96. The van der Waals surface area contributed by atoms with Gasteiger partial charge in [-0.1, -0.05) is 6.07 Å². The first-order chi connectivity index (χ1) is 13.5. The van der Waals surface area contributed by atoms with Gasteiger partial charge in [0.25, 0.3) is 0 Å². The van der Waals surface area contributed by atoms with E-state index in [2.05, 4.69) is 21.2 Å². The number of carbonyl (C=O) groups is 1. The van der Waals surface area contributed by atoms with Gasteiger partial charge in [0, 0.05) is 11.9 Å². The summed E-state index contributed by atoms with van der Waals surface area (Å²) in [6, 6.07) is 2.05. The smallest absolute Gasteiger partial charge is 0.307 e. The average Bonchev–Trinajstić information content (AvgIpc) is 3.32. The van der Waals surface area contributed by atoms with Gasteiger partial charge in [0.2, 0.25) is 0 Å². The van der Waals surface area contributed by atoms with Crippen LogP contribution in [0.1, 0.15) is 60.4 Å². The number of nitrogens with zero attached hydrogens (tertiary/aromatic N) is 2. The zero-order chi connectivity index (χ0) is 19.3. The lowest BCUT2D eigenvalue weighted by molar-refractivity contribution is 0.256. The summed E-state index contributed by atoms with van der Waals surface area (Å²) in [6.45, 7) is 0. The van der Waals surface area contributed by atoms with Crippen LogP contribution >= 0.6 is 0 Å². The predicted molar refractivity (Wildman–Crippen MR) is 107 cm³/mol. The van der Waals surface area contributed by atoms with Crippen LogP contribution in [0.3, 0.4) is 0 Å². The van der Waals surface area contributed by atoms with Gasteiger partial charge in [-0.25, -0.2) is 18.5 Å². The molecule has 3 aliphatic carbocycles. The van der Waals surface area contributed by atoms with Crippen molar-refractivity contribution in [2.75, 3.05) is 5.32 Å². The summed E-state index contributed by atoms with van der Waals surface area (Å²) >= 11 is 0. The van der Waals surface area contributed by atoms with Crippen LogP contribution in [-0.2, 0) is 35.6 Å². The topological polar surface area (TPSA) is 99.9 Å². The van der Waals surface area contributed by atoms with Crippen molar-refractivity contribution in [2.45, 2.75) is 68.7 Å². The monoisotopic (exact) mass is 399 g/mol. The average molecular weight is 400 g/mol. The molecular formula is C20H25N5O2S. The molecule has 0 bridgehead atoms. The second-order valence-corrected chi connectivity index (χ2v) is 9.88. The lowest BCUT2D eigenvalue weighted by Gasteiger charge is -2.25. The second kappa shape index (κ2) is 6.62. The van der Waals surface area contributed by atoms with Gasteiger partial charge in [-0.15, -0.1) is 0 Å². The van der Waals surface area contributed by atoms with Crippen LogP contribution in [0.15, 0.2) is 23.4 Å². The fourth-order valence-corrected chi connectivity index (χ4v) is 5.50. The minimum atomic E-state index is -3.45. The van der Waals surface area contributed by atoms with Gasteiger partial charge in [0.1, 0.15) is 4.90 Å². The lowest BCUT2D eigenvalue weighted by Crippen LogP contribution is -2.34. The molecular weight excluding hydrogens is 374 g/mol. The quantitative estimate of drug-likeness (QED) is 0.730. The van der Waals surface area contributed by atoms with Crippen molar-refractivity contribution in [1.82, 2.24) is 14.5 Å². The van der Waals surface area contributed by atoms with E-state index in [1.54, 1.807) is 10.9 Å². The van der Waals surface area contributed by atoms with Crippen molar-refractivity contribution < 1.29 is 9.00 Å². The zero-order valence-corrected chi connectivity index (χ0v) is 16.6. The van der Waals surface area contributed by atoms with E-state index in [0.29, 0.717) is 6.04 Å². The van der Waals surface area contributed by atoms with Gasteiger partial charge in [0.05, 0.1) is 12.2 Å². The zero-order valence-electron chi connectivity index (χ0n) is 15.8. The summed E-state index contributed by atoms with van der Waals surface area (Å²) in [4.78, 5) is 12.9. The van der Waals surface area contributed by atoms with E-state index in [0.717, 1.165) is 57.1 Å². The standard InChI is InChI=1S/C20H25N5O2S/c21-28(27,16-11-22-25(12-16)15-6-3-7-15)24-20(26)23-19-17-8-1-4-13(17)10-14-5-2-9-18(14)19/h10-12,15H,1-9H2,(H3,21,23,24,26,27). The Morgan fingerprint density at radius 3 is 2.39 bits per heavy atom. The van der Waals surface area contributed by atoms with Gasteiger partial charge in [-0.05, 0) is 80.0 Å². The number of nitrogens with one attached hydrogen (secondary N) is 3. The third-order valence-electron chi connectivity index (χ3n) is 6.31. The van der Waals surface area contributed by atoms with E-state index in [9.17, 15) is 9.00 Å². The highest BCUT2D eigenvalue weighted by molar-refractivity contribution is 7.91. The molecule has 1 fully saturated rings. The number of amides is 2. The molecule has 0 spiro atoms. The molecule has 5 rings (SSSR count). The Bertz CT molecular complexity index is 1020. The third-order valence-corrected chi connectivity index (χ3v) is 7.65. The maximum absolute atomic E-state index is 12.8. The molecule has 0 saturated heterocycles. The molecule has 1 saturated carbocycles. The van der Waals surface area contributed by atoms with Crippen LogP contribution in [0.25, 0.3) is 0 Å². The lowest BCUT2D eigenvalue weighted by atomic mass is 9.93. The number of aromatic nitrogens is 2. The first-order valence-electron chi connectivity index (χ1n) is 10.1. The molecule has 0 aliphatic heterocycles. The fourth-order valence-electron chi connectivity index (χ4n) is 4.62. The predicted octanol–water partition coefficient (Wildman–Crippen LogP) is 3.73. The minimum Gasteiger partial charge on any atom is -0.307 e. The van der Waals surface area contributed by atoms with Crippen molar-refractivity contribution in [3.8, 4) is 0 Å². The number of rotatable bonds is 4. The number of urea groups is 1. The van der Waals surface area contributed by atoms with Crippen molar-refractivity contribution in [2.24, 2.45) is 0 Å². The van der Waals surface area contributed by atoms with Gasteiger partial charge < -0.3 is 5.32 Å². The fraction of sp³-hybridized carbons (Fsp3) is 0.500. The summed E-state index contributed by atoms with van der Waals surface area (Å²) < 4.78 is 25.2. The van der Waals surface area contributed by atoms with E-state index in [1.807, 2.05) is 0 Å². The van der Waals surface area contributed by atoms with Crippen LogP contribution < -0.4 is 10.0 Å². The van der Waals surface area contributed by atoms with E-state index in [-0.39, 0.29) is 4.90 Å². The summed E-state index contributed by atoms with van der Waals surface area (Å²) in [7, 11) is -3.45. The molecule has 2 aromatic rings. The van der Waals surface area contributed by atoms with Crippen LogP contribution in [0.4, 0.5) is 10.5 Å². The number of fused-ring (bicyclic) bond motifs is 2. The van der Waals surface area contributed by atoms with Gasteiger partial charge in [-0.2, -0.15) is 5.10 Å². The van der Waals surface area contributed by atoms with Gasteiger partial charge in [0.15, 0.2) is 9.92 Å². The van der Waals surface area contributed by atoms with Crippen molar-refractivity contribution in [3.63, 3.8) is 0 Å². The molecule has 1 aromatic heterocycles. The highest BCUT2D eigenvalue weighted by atomic mass is 32.2. The molecule has 0 radical (unpaired) electrons. The molecule has 3 aliphatic rings. The van der Waals surface area contributed by atoms with Crippen molar-refractivity contribution in [3.05, 3.63) is 40.7 Å². The summed E-state index contributed by atoms with van der Waals surface area (Å²) in [5.74, 6) is 0. The Morgan fingerprint density at radius 2 is 1.79 bits per heavy atom. The van der Waals surface area contributed by atoms with E-state index < -0.39 is 15.9 Å². The van der Waals surface area contributed by atoms with Crippen molar-refractivity contribution >= 4 is 21.6 Å². The Balaban J connectivity index is 1.36. The van der Waals surface area contributed by atoms with Crippen molar-refractivity contribution in [1.29, 1.82) is 4.78 Å². The minimum absolute atomic E-state index is 0.248. The van der Waals surface area contributed by atoms with Gasteiger partial charge >= 0.3 is 6.03 Å². The molecule has 3 N–H and O–H groups in total. The van der Waals surface area contributed by atoms with Gasteiger partial charge in [-0.3, -0.25) is 4.68 Å². The highest BCUT2D eigenvalue weighted by Crippen LogP contribution is 2.38. The third kappa shape index (κ3) is 2.99. The number of benzene rings is 1. The SMILES string of the molecule is N=S(=O)(NC(=O)Nc1c2c(cc3c1CCC3)CCC2)c1cnn(C2CCC2)c1.